The largest absolute Gasteiger partial charge is 0.469 e. The highest BCUT2D eigenvalue weighted by atomic mass is 16.5. The Kier molecular flexibility index (Phi) is 6.02. The zero-order chi connectivity index (χ0) is 23.8. The van der Waals surface area contributed by atoms with Gasteiger partial charge in [0.25, 0.3) is 0 Å². The van der Waals surface area contributed by atoms with Crippen molar-refractivity contribution >= 4 is 28.8 Å². The molecule has 0 radical (unpaired) electrons. The predicted octanol–water partition coefficient (Wildman–Crippen LogP) is 5.05. The lowest BCUT2D eigenvalue weighted by Gasteiger charge is -2.34. The van der Waals surface area contributed by atoms with Gasteiger partial charge in [-0.2, -0.15) is 0 Å². The molecule has 1 aliphatic carbocycles. The molecule has 3 atom stereocenters. The third kappa shape index (κ3) is 3.83. The molecule has 1 saturated carbocycles. The Bertz CT molecular complexity index is 1220. The van der Waals surface area contributed by atoms with Gasteiger partial charge in [-0.05, 0) is 56.7 Å². The van der Waals surface area contributed by atoms with E-state index < -0.39 is 0 Å². The molecule has 7 nitrogen and oxygen atoms in total. The molecule has 0 spiro atoms. The van der Waals surface area contributed by atoms with Gasteiger partial charge in [-0.3, -0.25) is 9.69 Å². The molecule has 2 aromatic carbocycles. The molecule has 0 N–H and O–H groups in total. The maximum atomic E-state index is 12.6. The molecule has 1 aliphatic heterocycles. The highest BCUT2D eigenvalue weighted by Gasteiger charge is 2.35. The summed E-state index contributed by atoms with van der Waals surface area (Å²) >= 11 is 0. The van der Waals surface area contributed by atoms with Crippen molar-refractivity contribution in [3.63, 3.8) is 0 Å². The zero-order valence-corrected chi connectivity index (χ0v) is 20.0. The van der Waals surface area contributed by atoms with Crippen LogP contribution >= 0.6 is 0 Å². The van der Waals surface area contributed by atoms with Crippen LogP contribution in [0.2, 0.25) is 0 Å². The summed E-state index contributed by atoms with van der Waals surface area (Å²) in [5.74, 6) is 0.787. The number of fused-ring (bicyclic) bond motifs is 3. The molecule has 34 heavy (non-hydrogen) atoms. The smallest absolute Gasteiger partial charge is 0.414 e. The van der Waals surface area contributed by atoms with Crippen LogP contribution in [0.15, 0.2) is 42.5 Å². The summed E-state index contributed by atoms with van der Waals surface area (Å²) in [5.41, 5.74) is 5.19. The summed E-state index contributed by atoms with van der Waals surface area (Å²) in [7, 11) is 2.88. The van der Waals surface area contributed by atoms with Crippen LogP contribution < -0.4 is 4.90 Å². The Morgan fingerprint density at radius 2 is 1.82 bits per heavy atom. The molecule has 1 aromatic heterocycles. The zero-order valence-electron chi connectivity index (χ0n) is 20.0. The number of nitrogens with zero attached hydrogens (tertiary/aromatic N) is 3. The number of aryl methyl sites for hydroxylation is 1. The number of esters is 1. The van der Waals surface area contributed by atoms with E-state index in [0.29, 0.717) is 6.42 Å². The van der Waals surface area contributed by atoms with E-state index in [4.69, 9.17) is 14.5 Å². The molecule has 1 fully saturated rings. The van der Waals surface area contributed by atoms with Gasteiger partial charge in [0.05, 0.1) is 36.9 Å². The second-order valence-electron chi connectivity index (χ2n) is 9.41. The van der Waals surface area contributed by atoms with Crippen LogP contribution in [-0.4, -0.2) is 41.9 Å². The van der Waals surface area contributed by atoms with Gasteiger partial charge in [-0.15, -0.1) is 0 Å². The standard InChI is InChI=1S/C27H31N3O4/c1-17-9-12-21-22(29(17)27(32)34-3)13-14-23-25(21)28-24(15-18-7-5-4-6-8-18)30(23)20-11-10-19(16-20)26(31)33-2/h4-8,13-14,17,19-20H,9-12,15-16H2,1-3H3/t17-,19?,20?/m0/s1. The summed E-state index contributed by atoms with van der Waals surface area (Å²) in [6.45, 7) is 2.05. The lowest BCUT2D eigenvalue weighted by atomic mass is 9.95. The molecule has 5 rings (SSSR count). The second kappa shape index (κ2) is 9.12. The van der Waals surface area contributed by atoms with Gasteiger partial charge in [-0.25, -0.2) is 9.78 Å². The molecule has 2 aliphatic rings. The number of carbonyl (C=O) groups is 2. The molecule has 0 bridgehead atoms. The fourth-order valence-corrected chi connectivity index (χ4v) is 5.71. The second-order valence-corrected chi connectivity index (χ2v) is 9.41. The Morgan fingerprint density at radius 3 is 2.56 bits per heavy atom. The first-order valence-corrected chi connectivity index (χ1v) is 12.0. The molecule has 0 saturated heterocycles. The highest BCUT2D eigenvalue weighted by Crippen LogP contribution is 2.42. The summed E-state index contributed by atoms with van der Waals surface area (Å²) < 4.78 is 12.4. The van der Waals surface area contributed by atoms with Gasteiger partial charge in [0.2, 0.25) is 0 Å². The van der Waals surface area contributed by atoms with Crippen molar-refractivity contribution < 1.29 is 19.1 Å². The van der Waals surface area contributed by atoms with Crippen LogP contribution in [0.4, 0.5) is 10.5 Å². The number of benzene rings is 2. The van der Waals surface area contributed by atoms with Gasteiger partial charge in [0.1, 0.15) is 5.82 Å². The number of amides is 1. The van der Waals surface area contributed by atoms with Crippen LogP contribution in [0.25, 0.3) is 11.0 Å². The van der Waals surface area contributed by atoms with Crippen molar-refractivity contribution in [3.8, 4) is 0 Å². The molecule has 178 valence electrons. The quantitative estimate of drug-likeness (QED) is 0.509. The van der Waals surface area contributed by atoms with E-state index in [-0.39, 0.29) is 30.1 Å². The fourth-order valence-electron chi connectivity index (χ4n) is 5.71. The number of hydrogen-bond acceptors (Lipinski definition) is 5. The number of methoxy groups -OCH3 is 2. The van der Waals surface area contributed by atoms with Crippen LogP contribution in [0.1, 0.15) is 55.6 Å². The Balaban J connectivity index is 1.63. The van der Waals surface area contributed by atoms with E-state index in [1.807, 2.05) is 24.3 Å². The van der Waals surface area contributed by atoms with Crippen LogP contribution in [0.3, 0.4) is 0 Å². The molecule has 7 heteroatoms. The first-order valence-electron chi connectivity index (χ1n) is 12.0. The van der Waals surface area contributed by atoms with E-state index in [1.165, 1.54) is 19.8 Å². The van der Waals surface area contributed by atoms with Gasteiger partial charge in [-0.1, -0.05) is 30.3 Å². The molecule has 3 aromatic rings. The first-order chi connectivity index (χ1) is 16.5. The Hall–Kier alpha value is -3.35. The van der Waals surface area contributed by atoms with E-state index in [2.05, 4.69) is 29.7 Å². The number of imidazole rings is 1. The molecule has 2 heterocycles. The molecule has 2 unspecified atom stereocenters. The topological polar surface area (TPSA) is 73.7 Å². The van der Waals surface area contributed by atoms with Crippen molar-refractivity contribution in [1.29, 1.82) is 0 Å². The monoisotopic (exact) mass is 461 g/mol. The van der Waals surface area contributed by atoms with Crippen molar-refractivity contribution in [2.24, 2.45) is 5.92 Å². The SMILES string of the molecule is COC(=O)C1CCC(n2c(Cc3ccccc3)nc3c4c(ccc32)N(C(=O)OC)[C@@H](C)CC4)C1. The van der Waals surface area contributed by atoms with E-state index >= 15 is 0 Å². The van der Waals surface area contributed by atoms with Gasteiger partial charge < -0.3 is 14.0 Å². The maximum absolute atomic E-state index is 12.6. The fraction of sp³-hybridized carbons (Fsp3) is 0.444. The van der Waals surface area contributed by atoms with Crippen LogP contribution in [0, 0.1) is 5.92 Å². The molecule has 1 amide bonds. The van der Waals surface area contributed by atoms with Gasteiger partial charge in [0, 0.05) is 24.1 Å². The third-order valence-electron chi connectivity index (χ3n) is 7.41. The average molecular weight is 462 g/mol. The Morgan fingerprint density at radius 1 is 1.03 bits per heavy atom. The van der Waals surface area contributed by atoms with E-state index in [0.717, 1.165) is 60.2 Å². The van der Waals surface area contributed by atoms with Gasteiger partial charge in [0.15, 0.2) is 0 Å². The average Bonchev–Trinajstić information content (AvgIpc) is 3.48. The van der Waals surface area contributed by atoms with Crippen molar-refractivity contribution in [2.45, 2.75) is 57.5 Å². The van der Waals surface area contributed by atoms with E-state index in [1.54, 1.807) is 4.90 Å². The summed E-state index contributed by atoms with van der Waals surface area (Å²) in [5, 5.41) is 0. The molecular formula is C27H31N3O4. The summed E-state index contributed by atoms with van der Waals surface area (Å²) in [6.07, 6.45) is 4.57. The van der Waals surface area contributed by atoms with E-state index in [9.17, 15) is 9.59 Å². The van der Waals surface area contributed by atoms with Crippen LogP contribution in [-0.2, 0) is 27.1 Å². The third-order valence-corrected chi connectivity index (χ3v) is 7.41. The number of aromatic nitrogens is 2. The minimum absolute atomic E-state index is 0.0684. The summed E-state index contributed by atoms with van der Waals surface area (Å²) in [4.78, 5) is 31.7. The Labute approximate surface area is 199 Å². The van der Waals surface area contributed by atoms with Crippen LogP contribution in [0.5, 0.6) is 0 Å². The minimum Gasteiger partial charge on any atom is -0.469 e. The van der Waals surface area contributed by atoms with Crippen molar-refractivity contribution in [3.05, 3.63) is 59.4 Å². The first kappa shape index (κ1) is 22.4. The predicted molar refractivity (Wildman–Crippen MR) is 130 cm³/mol. The maximum Gasteiger partial charge on any atom is 0.414 e. The number of ether oxygens (including phenoxy) is 2. The summed E-state index contributed by atoms with van der Waals surface area (Å²) in [6, 6.07) is 14.7. The molecular weight excluding hydrogens is 430 g/mol. The number of carbonyl (C=O) groups excluding carboxylic acids is 2. The van der Waals surface area contributed by atoms with Crippen molar-refractivity contribution in [2.75, 3.05) is 19.1 Å². The lowest BCUT2D eigenvalue weighted by molar-refractivity contribution is -0.145. The highest BCUT2D eigenvalue weighted by molar-refractivity contribution is 5.95. The number of rotatable bonds is 4. The normalized spacial score (nSPS) is 22.0. The lowest BCUT2D eigenvalue weighted by Crippen LogP contribution is -2.42. The van der Waals surface area contributed by atoms with Crippen molar-refractivity contribution in [1.82, 2.24) is 9.55 Å². The number of anilines is 1. The minimum atomic E-state index is -0.339. The van der Waals surface area contributed by atoms with Gasteiger partial charge >= 0.3 is 12.1 Å². The number of hydrogen-bond donors (Lipinski definition) is 0.